The van der Waals surface area contributed by atoms with Crippen LogP contribution in [0.1, 0.15) is 32.2 Å². The molecule has 0 unspecified atom stereocenters. The second kappa shape index (κ2) is 4.05. The minimum atomic E-state index is -0.117. The van der Waals surface area contributed by atoms with Gasteiger partial charge in [0.1, 0.15) is 0 Å². The smallest absolute Gasteiger partial charge is 0.195 e. The van der Waals surface area contributed by atoms with Crippen LogP contribution in [0, 0.1) is 18.6 Å². The van der Waals surface area contributed by atoms with Crippen molar-refractivity contribution in [2.45, 2.75) is 40.2 Å². The van der Waals surface area contributed by atoms with Gasteiger partial charge in [0, 0.05) is 18.3 Å². The molecule has 98 valence electrons. The lowest BCUT2D eigenvalue weighted by atomic mass is 10.1. The van der Waals surface area contributed by atoms with Gasteiger partial charge in [-0.2, -0.15) is 10.2 Å². The molecule has 18 heavy (non-hydrogen) atoms. The molecule has 0 bridgehead atoms. The van der Waals surface area contributed by atoms with Crippen molar-refractivity contribution in [3.8, 4) is 11.4 Å². The molecule has 0 amide bonds. The quantitative estimate of drug-likeness (QED) is 0.807. The van der Waals surface area contributed by atoms with Gasteiger partial charge in [0.05, 0.1) is 11.3 Å². The molecule has 0 aliphatic carbocycles. The molecule has 0 radical (unpaired) electrons. The van der Waals surface area contributed by atoms with Gasteiger partial charge in [-0.25, -0.2) is 0 Å². The molecular formula is C12H19N5S. The Hall–Kier alpha value is -1.43. The highest BCUT2D eigenvalue weighted by Crippen LogP contribution is 2.29. The second-order valence-electron chi connectivity index (χ2n) is 5.53. The Balaban J connectivity index is 2.77. The summed E-state index contributed by atoms with van der Waals surface area (Å²) in [6, 6.07) is 0. The molecule has 0 aliphatic heterocycles. The Kier molecular flexibility index (Phi) is 2.93. The molecular weight excluding hydrogens is 246 g/mol. The van der Waals surface area contributed by atoms with Gasteiger partial charge in [0.15, 0.2) is 10.6 Å². The van der Waals surface area contributed by atoms with Crippen LogP contribution in [0.3, 0.4) is 0 Å². The van der Waals surface area contributed by atoms with Crippen molar-refractivity contribution < 1.29 is 0 Å². The largest absolute Gasteiger partial charge is 0.295 e. The van der Waals surface area contributed by atoms with Gasteiger partial charge in [-0.15, -0.1) is 0 Å². The summed E-state index contributed by atoms with van der Waals surface area (Å²) < 4.78 is 4.55. The van der Waals surface area contributed by atoms with Crippen molar-refractivity contribution in [2.75, 3.05) is 0 Å². The third-order valence-corrected chi connectivity index (χ3v) is 3.35. The van der Waals surface area contributed by atoms with Crippen LogP contribution in [0.5, 0.6) is 0 Å². The number of hydrogen-bond donors (Lipinski definition) is 1. The van der Waals surface area contributed by atoms with E-state index in [2.05, 4.69) is 36.1 Å². The van der Waals surface area contributed by atoms with Crippen LogP contribution < -0.4 is 0 Å². The molecule has 5 nitrogen and oxygen atoms in total. The first-order valence-electron chi connectivity index (χ1n) is 5.92. The summed E-state index contributed by atoms with van der Waals surface area (Å²) in [5.41, 5.74) is 3.00. The number of nitrogens with one attached hydrogen (secondary N) is 1. The Labute approximate surface area is 112 Å². The average Bonchev–Trinajstić information content (AvgIpc) is 2.69. The number of nitrogens with zero attached hydrogens (tertiary/aromatic N) is 4. The Morgan fingerprint density at radius 2 is 1.83 bits per heavy atom. The molecule has 0 atom stereocenters. The molecule has 0 spiro atoms. The van der Waals surface area contributed by atoms with Crippen molar-refractivity contribution in [1.29, 1.82) is 0 Å². The van der Waals surface area contributed by atoms with E-state index in [4.69, 9.17) is 12.2 Å². The van der Waals surface area contributed by atoms with E-state index in [1.807, 2.05) is 30.1 Å². The fraction of sp³-hybridized carbons (Fsp3) is 0.583. The van der Waals surface area contributed by atoms with Gasteiger partial charge >= 0.3 is 0 Å². The minimum Gasteiger partial charge on any atom is -0.295 e. The highest BCUT2D eigenvalue weighted by atomic mass is 32.1. The number of rotatable bonds is 1. The van der Waals surface area contributed by atoms with E-state index >= 15 is 0 Å². The monoisotopic (exact) mass is 265 g/mol. The van der Waals surface area contributed by atoms with E-state index in [9.17, 15) is 0 Å². The molecule has 6 heteroatoms. The zero-order chi connectivity index (χ0) is 13.7. The van der Waals surface area contributed by atoms with Gasteiger partial charge in [0.25, 0.3) is 0 Å². The molecule has 2 heterocycles. The van der Waals surface area contributed by atoms with Crippen molar-refractivity contribution in [1.82, 2.24) is 24.5 Å². The first-order valence-corrected chi connectivity index (χ1v) is 6.32. The van der Waals surface area contributed by atoms with E-state index in [1.54, 1.807) is 0 Å². The predicted molar refractivity (Wildman–Crippen MR) is 74.1 cm³/mol. The van der Waals surface area contributed by atoms with Crippen LogP contribution >= 0.6 is 12.2 Å². The van der Waals surface area contributed by atoms with Crippen molar-refractivity contribution in [3.05, 3.63) is 16.2 Å². The number of hydrogen-bond acceptors (Lipinski definition) is 3. The molecule has 0 aromatic carbocycles. The lowest BCUT2D eigenvalue weighted by molar-refractivity contribution is 0.395. The molecule has 2 aromatic rings. The highest BCUT2D eigenvalue weighted by molar-refractivity contribution is 7.71. The highest BCUT2D eigenvalue weighted by Gasteiger charge is 2.24. The van der Waals surface area contributed by atoms with E-state index in [0.717, 1.165) is 22.8 Å². The predicted octanol–water partition coefficient (Wildman–Crippen LogP) is 2.71. The standard InChI is InChI=1S/C12H19N5S/c1-7-9(8(2)16(6)15-7)10-13-14-11(18)17(10)12(3,4)5/h1-6H3,(H,14,18). The van der Waals surface area contributed by atoms with Gasteiger partial charge in [-0.3, -0.25) is 14.3 Å². The molecule has 2 aromatic heterocycles. The fourth-order valence-electron chi connectivity index (χ4n) is 2.18. The summed E-state index contributed by atoms with van der Waals surface area (Å²) >= 11 is 5.33. The number of aryl methyl sites for hydroxylation is 2. The summed E-state index contributed by atoms with van der Waals surface area (Å²) in [5, 5.41) is 11.7. The lowest BCUT2D eigenvalue weighted by Crippen LogP contribution is -2.23. The third-order valence-electron chi connectivity index (χ3n) is 3.08. The normalized spacial score (nSPS) is 12.1. The summed E-state index contributed by atoms with van der Waals surface area (Å²) in [5.74, 6) is 0.857. The Morgan fingerprint density at radius 3 is 2.28 bits per heavy atom. The van der Waals surface area contributed by atoms with Crippen LogP contribution in [0.15, 0.2) is 0 Å². The van der Waals surface area contributed by atoms with Gasteiger partial charge in [-0.05, 0) is 46.8 Å². The maximum Gasteiger partial charge on any atom is 0.195 e. The van der Waals surface area contributed by atoms with Crippen molar-refractivity contribution >= 4 is 12.2 Å². The maximum absolute atomic E-state index is 5.33. The summed E-state index contributed by atoms with van der Waals surface area (Å²) in [4.78, 5) is 0. The van der Waals surface area contributed by atoms with Crippen molar-refractivity contribution in [2.24, 2.45) is 7.05 Å². The van der Waals surface area contributed by atoms with E-state index in [-0.39, 0.29) is 5.54 Å². The average molecular weight is 265 g/mol. The Morgan fingerprint density at radius 1 is 1.22 bits per heavy atom. The Bertz CT molecular complexity index is 638. The first kappa shape index (κ1) is 13.0. The van der Waals surface area contributed by atoms with Gasteiger partial charge in [0.2, 0.25) is 0 Å². The van der Waals surface area contributed by atoms with E-state index in [0.29, 0.717) is 4.77 Å². The molecule has 1 N–H and O–H groups in total. The molecule has 0 saturated carbocycles. The topological polar surface area (TPSA) is 51.4 Å². The van der Waals surface area contributed by atoms with Crippen LogP contribution in [0.2, 0.25) is 0 Å². The van der Waals surface area contributed by atoms with E-state index < -0.39 is 0 Å². The lowest BCUT2D eigenvalue weighted by Gasteiger charge is -2.22. The summed E-state index contributed by atoms with van der Waals surface area (Å²) in [6.45, 7) is 10.4. The van der Waals surface area contributed by atoms with E-state index in [1.165, 1.54) is 0 Å². The van der Waals surface area contributed by atoms with Crippen LogP contribution in [-0.4, -0.2) is 24.5 Å². The van der Waals surface area contributed by atoms with Gasteiger partial charge in [-0.1, -0.05) is 0 Å². The minimum absolute atomic E-state index is 0.117. The zero-order valence-corrected chi connectivity index (χ0v) is 12.5. The van der Waals surface area contributed by atoms with Crippen LogP contribution in [0.25, 0.3) is 11.4 Å². The number of aromatic amines is 1. The van der Waals surface area contributed by atoms with Crippen LogP contribution in [0.4, 0.5) is 0 Å². The van der Waals surface area contributed by atoms with Crippen molar-refractivity contribution in [3.63, 3.8) is 0 Å². The SMILES string of the molecule is Cc1nn(C)c(C)c1-c1n[nH]c(=S)n1C(C)(C)C. The third kappa shape index (κ3) is 1.90. The molecule has 0 fully saturated rings. The second-order valence-corrected chi connectivity index (χ2v) is 5.91. The summed E-state index contributed by atoms with van der Waals surface area (Å²) in [7, 11) is 1.94. The van der Waals surface area contributed by atoms with Gasteiger partial charge < -0.3 is 0 Å². The van der Waals surface area contributed by atoms with Crippen LogP contribution in [-0.2, 0) is 12.6 Å². The summed E-state index contributed by atoms with van der Waals surface area (Å²) in [6.07, 6.45) is 0. The maximum atomic E-state index is 5.33. The molecule has 0 saturated heterocycles. The first-order chi connectivity index (χ1) is 8.23. The number of H-pyrrole nitrogens is 1. The molecule has 0 aliphatic rings. The fourth-order valence-corrected chi connectivity index (χ4v) is 2.59. The molecule has 2 rings (SSSR count). The zero-order valence-electron chi connectivity index (χ0n) is 11.7. The number of aromatic nitrogens is 5.